The van der Waals surface area contributed by atoms with E-state index in [1.165, 1.54) is 25.7 Å². The molecule has 0 radical (unpaired) electrons. The van der Waals surface area contributed by atoms with Gasteiger partial charge >= 0.3 is 0 Å². The molecule has 2 aliphatic carbocycles. The zero-order chi connectivity index (χ0) is 18.6. The Labute approximate surface area is 168 Å². The summed E-state index contributed by atoms with van der Waals surface area (Å²) in [6, 6.07) is 9.16. The molecule has 3 aliphatic rings. The SMILES string of the molecule is O=C([C@H]1CC[C@H](Nc2ccc(Cl)cc2)CC1)N1CCN(C2CCCC2)CC1. The minimum Gasteiger partial charge on any atom is -0.382 e. The van der Waals surface area contributed by atoms with E-state index in [0.29, 0.717) is 11.9 Å². The molecule has 0 atom stereocenters. The van der Waals surface area contributed by atoms with Gasteiger partial charge in [-0.1, -0.05) is 24.4 Å². The van der Waals surface area contributed by atoms with Gasteiger partial charge in [0.2, 0.25) is 5.91 Å². The number of carbonyl (C=O) groups is 1. The number of rotatable bonds is 4. The molecular formula is C22H32ClN3O. The van der Waals surface area contributed by atoms with Crippen LogP contribution in [0.4, 0.5) is 5.69 Å². The summed E-state index contributed by atoms with van der Waals surface area (Å²) in [5.41, 5.74) is 1.12. The number of carbonyl (C=O) groups excluding carboxylic acids is 1. The fraction of sp³-hybridized carbons (Fsp3) is 0.682. The van der Waals surface area contributed by atoms with E-state index >= 15 is 0 Å². The zero-order valence-electron chi connectivity index (χ0n) is 16.2. The first-order chi connectivity index (χ1) is 13.2. The largest absolute Gasteiger partial charge is 0.382 e. The van der Waals surface area contributed by atoms with Crippen molar-refractivity contribution in [3.05, 3.63) is 29.3 Å². The molecule has 1 saturated heterocycles. The maximum atomic E-state index is 13.0. The van der Waals surface area contributed by atoms with Crippen LogP contribution < -0.4 is 5.32 Å². The van der Waals surface area contributed by atoms with E-state index in [1.54, 1.807) is 0 Å². The number of hydrogen-bond acceptors (Lipinski definition) is 3. The van der Waals surface area contributed by atoms with Gasteiger partial charge < -0.3 is 10.2 Å². The molecule has 1 aromatic rings. The van der Waals surface area contributed by atoms with Gasteiger partial charge in [-0.25, -0.2) is 0 Å². The summed E-state index contributed by atoms with van der Waals surface area (Å²) in [5.74, 6) is 0.636. The fourth-order valence-corrected chi connectivity index (χ4v) is 5.23. The molecule has 1 amide bonds. The fourth-order valence-electron chi connectivity index (χ4n) is 5.10. The van der Waals surface area contributed by atoms with Crippen molar-refractivity contribution >= 4 is 23.2 Å². The van der Waals surface area contributed by atoms with Crippen LogP contribution in [0.2, 0.25) is 5.02 Å². The van der Waals surface area contributed by atoms with Gasteiger partial charge in [0.05, 0.1) is 0 Å². The van der Waals surface area contributed by atoms with E-state index < -0.39 is 0 Å². The third-order valence-corrected chi connectivity index (χ3v) is 7.01. The lowest BCUT2D eigenvalue weighted by Gasteiger charge is -2.40. The highest BCUT2D eigenvalue weighted by Gasteiger charge is 2.32. The minimum absolute atomic E-state index is 0.228. The highest BCUT2D eigenvalue weighted by molar-refractivity contribution is 6.30. The Bertz CT molecular complexity index is 613. The second-order valence-electron chi connectivity index (χ2n) is 8.50. The molecule has 1 aliphatic heterocycles. The van der Waals surface area contributed by atoms with Gasteiger partial charge in [-0.2, -0.15) is 0 Å². The number of benzene rings is 1. The van der Waals surface area contributed by atoms with Crippen LogP contribution in [0.5, 0.6) is 0 Å². The second-order valence-corrected chi connectivity index (χ2v) is 8.94. The summed E-state index contributed by atoms with van der Waals surface area (Å²) in [6.07, 6.45) is 9.65. The van der Waals surface area contributed by atoms with E-state index in [9.17, 15) is 4.79 Å². The summed E-state index contributed by atoms with van der Waals surface area (Å²) in [4.78, 5) is 17.7. The van der Waals surface area contributed by atoms with Gasteiger partial charge in [-0.15, -0.1) is 0 Å². The number of halogens is 1. The lowest BCUT2D eigenvalue weighted by Crippen LogP contribution is -2.53. The Morgan fingerprint density at radius 2 is 1.52 bits per heavy atom. The third kappa shape index (κ3) is 4.78. The van der Waals surface area contributed by atoms with Gasteiger partial charge in [0, 0.05) is 54.9 Å². The first-order valence-corrected chi connectivity index (χ1v) is 11.1. The number of amides is 1. The molecule has 1 N–H and O–H groups in total. The molecule has 4 nitrogen and oxygen atoms in total. The molecule has 4 rings (SSSR count). The van der Waals surface area contributed by atoms with Crippen LogP contribution in [0.25, 0.3) is 0 Å². The average Bonchev–Trinajstić information content (AvgIpc) is 3.25. The van der Waals surface area contributed by atoms with Crippen LogP contribution in [0, 0.1) is 5.92 Å². The lowest BCUT2D eigenvalue weighted by molar-refractivity contribution is -0.138. The van der Waals surface area contributed by atoms with Gasteiger partial charge in [-0.3, -0.25) is 9.69 Å². The molecule has 0 bridgehead atoms. The van der Waals surface area contributed by atoms with Crippen LogP contribution in [-0.4, -0.2) is 54.0 Å². The molecule has 0 spiro atoms. The quantitative estimate of drug-likeness (QED) is 0.829. The summed E-state index contributed by atoms with van der Waals surface area (Å²) in [5, 5.41) is 4.36. The summed E-state index contributed by atoms with van der Waals surface area (Å²) >= 11 is 5.96. The molecule has 148 valence electrons. The van der Waals surface area contributed by atoms with Crippen LogP contribution in [0.3, 0.4) is 0 Å². The predicted octanol–water partition coefficient (Wildman–Crippen LogP) is 4.40. The van der Waals surface area contributed by atoms with Crippen molar-refractivity contribution in [3.63, 3.8) is 0 Å². The Hall–Kier alpha value is -1.26. The standard InChI is InChI=1S/C22H32ClN3O/c23-18-7-11-20(12-8-18)24-19-9-5-17(6-10-19)22(27)26-15-13-25(14-16-26)21-3-1-2-4-21/h7-8,11-12,17,19,21,24H,1-6,9-10,13-16H2/t17-,19-. The maximum absolute atomic E-state index is 13.0. The summed E-state index contributed by atoms with van der Waals surface area (Å²) in [7, 11) is 0. The molecule has 0 unspecified atom stereocenters. The van der Waals surface area contributed by atoms with Crippen LogP contribution in [0.1, 0.15) is 51.4 Å². The first kappa shape index (κ1) is 19.1. The molecule has 0 aromatic heterocycles. The normalized spacial score (nSPS) is 27.7. The minimum atomic E-state index is 0.228. The molecule has 5 heteroatoms. The van der Waals surface area contributed by atoms with Crippen molar-refractivity contribution in [3.8, 4) is 0 Å². The van der Waals surface area contributed by atoms with E-state index in [1.807, 2.05) is 24.3 Å². The van der Waals surface area contributed by atoms with Gasteiger partial charge in [-0.05, 0) is 62.8 Å². The molecular weight excluding hydrogens is 358 g/mol. The molecule has 27 heavy (non-hydrogen) atoms. The van der Waals surface area contributed by atoms with E-state index in [2.05, 4.69) is 15.1 Å². The zero-order valence-corrected chi connectivity index (χ0v) is 17.0. The molecule has 1 aromatic carbocycles. The third-order valence-electron chi connectivity index (χ3n) is 6.76. The predicted molar refractivity (Wildman–Crippen MR) is 111 cm³/mol. The van der Waals surface area contributed by atoms with E-state index in [-0.39, 0.29) is 5.92 Å². The number of nitrogens with zero attached hydrogens (tertiary/aromatic N) is 2. The van der Waals surface area contributed by atoms with Crippen molar-refractivity contribution in [2.75, 3.05) is 31.5 Å². The lowest BCUT2D eigenvalue weighted by atomic mass is 9.85. The number of nitrogens with one attached hydrogen (secondary N) is 1. The molecule has 2 saturated carbocycles. The topological polar surface area (TPSA) is 35.6 Å². The summed E-state index contributed by atoms with van der Waals surface area (Å²) in [6.45, 7) is 4.00. The van der Waals surface area contributed by atoms with Crippen LogP contribution in [-0.2, 0) is 4.79 Å². The van der Waals surface area contributed by atoms with Crippen molar-refractivity contribution in [1.82, 2.24) is 9.80 Å². The smallest absolute Gasteiger partial charge is 0.225 e. The Balaban J connectivity index is 1.21. The van der Waals surface area contributed by atoms with Crippen molar-refractivity contribution in [2.24, 2.45) is 5.92 Å². The van der Waals surface area contributed by atoms with Crippen LogP contribution >= 0.6 is 11.6 Å². The molecule has 1 heterocycles. The van der Waals surface area contributed by atoms with Crippen molar-refractivity contribution in [1.29, 1.82) is 0 Å². The average molecular weight is 390 g/mol. The van der Waals surface area contributed by atoms with Crippen LogP contribution in [0.15, 0.2) is 24.3 Å². The second kappa shape index (κ2) is 8.83. The monoisotopic (exact) mass is 389 g/mol. The van der Waals surface area contributed by atoms with Crippen molar-refractivity contribution in [2.45, 2.75) is 63.5 Å². The maximum Gasteiger partial charge on any atom is 0.225 e. The Morgan fingerprint density at radius 3 is 2.15 bits per heavy atom. The van der Waals surface area contributed by atoms with Gasteiger partial charge in [0.15, 0.2) is 0 Å². The van der Waals surface area contributed by atoms with Crippen molar-refractivity contribution < 1.29 is 4.79 Å². The number of hydrogen-bond donors (Lipinski definition) is 1. The first-order valence-electron chi connectivity index (χ1n) is 10.7. The highest BCUT2D eigenvalue weighted by Crippen LogP contribution is 2.29. The molecule has 3 fully saturated rings. The Kier molecular flexibility index (Phi) is 6.24. The van der Waals surface area contributed by atoms with E-state index in [0.717, 1.165) is 68.6 Å². The van der Waals surface area contributed by atoms with Gasteiger partial charge in [0.25, 0.3) is 0 Å². The van der Waals surface area contributed by atoms with Gasteiger partial charge in [0.1, 0.15) is 0 Å². The Morgan fingerprint density at radius 1 is 0.889 bits per heavy atom. The highest BCUT2D eigenvalue weighted by atomic mass is 35.5. The van der Waals surface area contributed by atoms with E-state index in [4.69, 9.17) is 11.6 Å². The number of anilines is 1. The summed E-state index contributed by atoms with van der Waals surface area (Å²) < 4.78 is 0. The number of piperazine rings is 1.